The number of carboxylic acids is 1. The van der Waals surface area contributed by atoms with Gasteiger partial charge in [-0.05, 0) is 6.07 Å². The number of aliphatic hydroxyl groups is 1. The second kappa shape index (κ2) is 4.40. The van der Waals surface area contributed by atoms with Gasteiger partial charge in [-0.2, -0.15) is 0 Å². The lowest BCUT2D eigenvalue weighted by molar-refractivity contribution is -0.139. The van der Waals surface area contributed by atoms with Gasteiger partial charge in [-0.25, -0.2) is 0 Å². The zero-order valence-corrected chi connectivity index (χ0v) is 8.55. The van der Waals surface area contributed by atoms with Crippen molar-refractivity contribution in [2.75, 3.05) is 13.2 Å². The number of aliphatic hydroxyl groups excluding tert-OH is 1. The molecular weight excluding hydrogens is 212 g/mol. The van der Waals surface area contributed by atoms with Crippen molar-refractivity contribution in [3.63, 3.8) is 0 Å². The number of hydrogen-bond acceptors (Lipinski definition) is 4. The van der Waals surface area contributed by atoms with Crippen LogP contribution < -0.4 is 9.47 Å². The van der Waals surface area contributed by atoms with E-state index in [1.807, 2.05) is 0 Å². The van der Waals surface area contributed by atoms with E-state index < -0.39 is 12.1 Å². The van der Waals surface area contributed by atoms with Crippen LogP contribution >= 0.6 is 0 Å². The van der Waals surface area contributed by atoms with Crippen molar-refractivity contribution in [2.45, 2.75) is 12.5 Å². The molecule has 0 unspecified atom stereocenters. The van der Waals surface area contributed by atoms with Crippen LogP contribution in [-0.4, -0.2) is 29.4 Å². The number of hydrogen-bond donors (Lipinski definition) is 2. The molecule has 0 aliphatic carbocycles. The Hall–Kier alpha value is -1.75. The molecule has 1 atom stereocenters. The third-order valence-corrected chi connectivity index (χ3v) is 2.32. The Balaban J connectivity index is 2.29. The predicted octanol–water partition coefficient (Wildman–Crippen LogP) is 0.966. The Labute approximate surface area is 92.2 Å². The normalized spacial score (nSPS) is 15.6. The second-order valence-electron chi connectivity index (χ2n) is 3.49. The molecule has 1 aromatic carbocycles. The minimum atomic E-state index is -1.07. The van der Waals surface area contributed by atoms with Gasteiger partial charge in [0.05, 0.1) is 12.5 Å². The average molecular weight is 224 g/mol. The first kappa shape index (κ1) is 10.8. The summed E-state index contributed by atoms with van der Waals surface area (Å²) in [6.45, 7) is 0.870. The molecule has 5 heteroatoms. The highest BCUT2D eigenvalue weighted by Crippen LogP contribution is 2.37. The lowest BCUT2D eigenvalue weighted by atomic mass is 10.0. The molecule has 0 saturated heterocycles. The van der Waals surface area contributed by atoms with E-state index >= 15 is 0 Å². The van der Waals surface area contributed by atoms with E-state index in [-0.39, 0.29) is 6.42 Å². The number of carboxylic acid groups (broad SMARTS) is 1. The van der Waals surface area contributed by atoms with Gasteiger partial charge in [0.1, 0.15) is 13.2 Å². The number of para-hydroxylation sites is 1. The summed E-state index contributed by atoms with van der Waals surface area (Å²) in [5.41, 5.74) is 0.458. The molecule has 0 spiro atoms. The molecule has 0 radical (unpaired) electrons. The number of rotatable bonds is 3. The van der Waals surface area contributed by atoms with Crippen LogP contribution in [0, 0.1) is 0 Å². The maximum absolute atomic E-state index is 10.5. The molecule has 2 N–H and O–H groups in total. The first-order valence-corrected chi connectivity index (χ1v) is 4.97. The van der Waals surface area contributed by atoms with Crippen molar-refractivity contribution in [1.82, 2.24) is 0 Å². The fourth-order valence-corrected chi connectivity index (χ4v) is 1.63. The summed E-state index contributed by atoms with van der Waals surface area (Å²) in [4.78, 5) is 10.5. The minimum Gasteiger partial charge on any atom is -0.486 e. The molecule has 1 aliphatic rings. The van der Waals surface area contributed by atoms with Crippen molar-refractivity contribution < 1.29 is 24.5 Å². The molecule has 86 valence electrons. The predicted molar refractivity (Wildman–Crippen MR) is 54.6 cm³/mol. The molecule has 1 aromatic rings. The van der Waals surface area contributed by atoms with Crippen LogP contribution in [-0.2, 0) is 4.79 Å². The van der Waals surface area contributed by atoms with Gasteiger partial charge in [0, 0.05) is 5.56 Å². The number of carbonyl (C=O) groups is 1. The van der Waals surface area contributed by atoms with E-state index in [2.05, 4.69) is 0 Å². The molecule has 0 bridgehead atoms. The van der Waals surface area contributed by atoms with E-state index in [0.29, 0.717) is 30.3 Å². The van der Waals surface area contributed by atoms with Crippen LogP contribution in [0.25, 0.3) is 0 Å². The van der Waals surface area contributed by atoms with Gasteiger partial charge in [-0.15, -0.1) is 0 Å². The van der Waals surface area contributed by atoms with Crippen LogP contribution in [0.3, 0.4) is 0 Å². The average Bonchev–Trinajstić information content (AvgIpc) is 2.27. The third-order valence-electron chi connectivity index (χ3n) is 2.32. The maximum Gasteiger partial charge on any atom is 0.306 e. The van der Waals surface area contributed by atoms with Crippen LogP contribution in [0.5, 0.6) is 11.5 Å². The molecular formula is C11H12O5. The fourth-order valence-electron chi connectivity index (χ4n) is 1.63. The molecule has 5 nitrogen and oxygen atoms in total. The van der Waals surface area contributed by atoms with Gasteiger partial charge in [-0.3, -0.25) is 4.79 Å². The van der Waals surface area contributed by atoms with Gasteiger partial charge >= 0.3 is 5.97 Å². The summed E-state index contributed by atoms with van der Waals surface area (Å²) in [5, 5.41) is 18.3. The quantitative estimate of drug-likeness (QED) is 0.799. The third kappa shape index (κ3) is 2.09. The van der Waals surface area contributed by atoms with E-state index in [4.69, 9.17) is 14.6 Å². The Morgan fingerprint density at radius 3 is 2.88 bits per heavy atom. The molecule has 0 fully saturated rings. The van der Waals surface area contributed by atoms with Gasteiger partial charge in [0.15, 0.2) is 11.5 Å². The van der Waals surface area contributed by atoms with Crippen LogP contribution in [0.2, 0.25) is 0 Å². The van der Waals surface area contributed by atoms with Crippen molar-refractivity contribution in [2.24, 2.45) is 0 Å². The van der Waals surface area contributed by atoms with Crippen molar-refractivity contribution in [1.29, 1.82) is 0 Å². The number of ether oxygens (including phenoxy) is 2. The molecule has 16 heavy (non-hydrogen) atoms. The first-order chi connectivity index (χ1) is 7.68. The van der Waals surface area contributed by atoms with Crippen molar-refractivity contribution >= 4 is 5.97 Å². The largest absolute Gasteiger partial charge is 0.486 e. The monoisotopic (exact) mass is 224 g/mol. The maximum atomic E-state index is 10.5. The Bertz CT molecular complexity index is 401. The summed E-state index contributed by atoms with van der Waals surface area (Å²) in [5.74, 6) is -0.0579. The van der Waals surface area contributed by atoms with E-state index in [1.54, 1.807) is 18.2 Å². The van der Waals surface area contributed by atoms with Gasteiger partial charge in [0.2, 0.25) is 0 Å². The minimum absolute atomic E-state index is 0.347. The van der Waals surface area contributed by atoms with Gasteiger partial charge < -0.3 is 19.7 Å². The topological polar surface area (TPSA) is 76.0 Å². The lowest BCUT2D eigenvalue weighted by Crippen LogP contribution is -2.18. The van der Waals surface area contributed by atoms with Gasteiger partial charge in [-0.1, -0.05) is 12.1 Å². The SMILES string of the molecule is O=C(O)C[C@@H](O)c1cccc2c1OCCO2. The molecule has 0 saturated carbocycles. The lowest BCUT2D eigenvalue weighted by Gasteiger charge is -2.22. The Kier molecular flexibility index (Phi) is 2.96. The summed E-state index contributed by atoms with van der Waals surface area (Å²) in [6.07, 6.45) is -1.42. The number of fused-ring (bicyclic) bond motifs is 1. The summed E-state index contributed by atoms with van der Waals surface area (Å²) in [7, 11) is 0. The van der Waals surface area contributed by atoms with Crippen LogP contribution in [0.15, 0.2) is 18.2 Å². The van der Waals surface area contributed by atoms with E-state index in [1.165, 1.54) is 0 Å². The Morgan fingerprint density at radius 2 is 2.12 bits per heavy atom. The summed E-state index contributed by atoms with van der Waals surface area (Å²) < 4.78 is 10.7. The van der Waals surface area contributed by atoms with Crippen molar-refractivity contribution in [3.05, 3.63) is 23.8 Å². The molecule has 0 aromatic heterocycles. The zero-order valence-electron chi connectivity index (χ0n) is 8.55. The molecule has 0 amide bonds. The van der Waals surface area contributed by atoms with Crippen LogP contribution in [0.4, 0.5) is 0 Å². The smallest absolute Gasteiger partial charge is 0.306 e. The zero-order chi connectivity index (χ0) is 11.5. The van der Waals surface area contributed by atoms with Crippen molar-refractivity contribution in [3.8, 4) is 11.5 Å². The number of aliphatic carboxylic acids is 1. The molecule has 2 rings (SSSR count). The highest BCUT2D eigenvalue weighted by molar-refractivity contribution is 5.68. The highest BCUT2D eigenvalue weighted by atomic mass is 16.6. The highest BCUT2D eigenvalue weighted by Gasteiger charge is 2.22. The second-order valence-corrected chi connectivity index (χ2v) is 3.49. The van der Waals surface area contributed by atoms with E-state index in [0.717, 1.165) is 0 Å². The summed E-state index contributed by atoms with van der Waals surface area (Å²) >= 11 is 0. The Morgan fingerprint density at radius 1 is 1.38 bits per heavy atom. The summed E-state index contributed by atoms with van der Waals surface area (Å²) in [6, 6.07) is 5.07. The van der Waals surface area contributed by atoms with Crippen LogP contribution in [0.1, 0.15) is 18.1 Å². The fraction of sp³-hybridized carbons (Fsp3) is 0.364. The number of benzene rings is 1. The molecule has 1 heterocycles. The first-order valence-electron chi connectivity index (χ1n) is 4.97. The van der Waals surface area contributed by atoms with E-state index in [9.17, 15) is 9.90 Å². The van der Waals surface area contributed by atoms with Gasteiger partial charge in [0.25, 0.3) is 0 Å². The molecule has 1 aliphatic heterocycles. The standard InChI is InChI=1S/C11H12O5/c12-8(6-10(13)14)7-2-1-3-9-11(7)16-5-4-15-9/h1-3,8,12H,4-6H2,(H,13,14)/t8-/m1/s1.